The quantitative estimate of drug-likeness (QED) is 0.553. The normalized spacial score (nSPS) is 10.3. The Balaban J connectivity index is 2.11. The summed E-state index contributed by atoms with van der Waals surface area (Å²) in [5, 5.41) is 3.79. The lowest BCUT2D eigenvalue weighted by molar-refractivity contribution is -0.144. The van der Waals surface area contributed by atoms with Crippen molar-refractivity contribution in [2.24, 2.45) is 0 Å². The van der Waals surface area contributed by atoms with E-state index in [-0.39, 0.29) is 18.5 Å². The summed E-state index contributed by atoms with van der Waals surface area (Å²) in [6.45, 7) is 2.68. The van der Waals surface area contributed by atoms with Gasteiger partial charge in [0.05, 0.1) is 6.61 Å². The number of carbonyl (C=O) groups excluding carboxylic acids is 1. The van der Waals surface area contributed by atoms with E-state index >= 15 is 0 Å². The average Bonchev–Trinajstić information content (AvgIpc) is 2.63. The van der Waals surface area contributed by atoms with E-state index < -0.39 is 0 Å². The number of nitrogens with zero attached hydrogens (tertiary/aromatic N) is 3. The number of hydrogen-bond donors (Lipinski definition) is 1. The maximum absolute atomic E-state index is 11.3. The molecule has 1 aromatic rings. The molecule has 0 saturated heterocycles. The molecule has 16 heavy (non-hydrogen) atoms. The molecule has 1 aromatic heterocycles. The fraction of sp³-hybridized carbons (Fsp3) is 0.700. The zero-order chi connectivity index (χ0) is 11.8. The summed E-state index contributed by atoms with van der Waals surface area (Å²) in [5.74, 6) is -0.142. The molecule has 0 unspecified atom stereocenters. The summed E-state index contributed by atoms with van der Waals surface area (Å²) in [6, 6.07) is 0. The highest BCUT2D eigenvalue weighted by atomic mass is 16.5. The Labute approximate surface area is 94.8 Å². The molecule has 0 aromatic carbocycles. The summed E-state index contributed by atoms with van der Waals surface area (Å²) < 4.78 is 6.40. The number of hydrogen-bond acceptors (Lipinski definition) is 5. The first-order valence-electron chi connectivity index (χ1n) is 5.53. The number of ether oxygens (including phenoxy) is 1. The van der Waals surface area contributed by atoms with Crippen molar-refractivity contribution in [2.45, 2.75) is 39.2 Å². The van der Waals surface area contributed by atoms with E-state index in [1.54, 1.807) is 0 Å². The standard InChI is InChI=1S/C10H18N4O2/c1-2-3-4-5-6-16-9(15)7-14-8-12-10(11)13-14/h8H,2-7H2,1H3,(H2,11,13). The second kappa shape index (κ2) is 6.81. The molecule has 6 heteroatoms. The van der Waals surface area contributed by atoms with Crippen molar-refractivity contribution >= 4 is 11.9 Å². The number of anilines is 1. The maximum Gasteiger partial charge on any atom is 0.327 e. The van der Waals surface area contributed by atoms with Crippen molar-refractivity contribution in [2.75, 3.05) is 12.3 Å². The molecule has 0 aliphatic carbocycles. The van der Waals surface area contributed by atoms with Gasteiger partial charge in [-0.25, -0.2) is 9.67 Å². The Hall–Kier alpha value is -1.59. The molecule has 0 radical (unpaired) electrons. The van der Waals surface area contributed by atoms with Gasteiger partial charge in [0.15, 0.2) is 0 Å². The number of unbranched alkanes of at least 4 members (excludes halogenated alkanes) is 3. The minimum atomic E-state index is -0.304. The number of rotatable bonds is 7. The van der Waals surface area contributed by atoms with Gasteiger partial charge in [0.1, 0.15) is 12.9 Å². The molecule has 0 saturated carbocycles. The van der Waals surface area contributed by atoms with Crippen LogP contribution in [0.2, 0.25) is 0 Å². The van der Waals surface area contributed by atoms with Crippen molar-refractivity contribution in [3.63, 3.8) is 0 Å². The third kappa shape index (κ3) is 4.77. The number of nitrogen functional groups attached to an aromatic ring is 1. The first kappa shape index (κ1) is 12.5. The highest BCUT2D eigenvalue weighted by Crippen LogP contribution is 1.99. The fourth-order valence-corrected chi connectivity index (χ4v) is 1.28. The molecule has 0 fully saturated rings. The van der Waals surface area contributed by atoms with Crippen LogP contribution in [-0.4, -0.2) is 27.3 Å². The highest BCUT2D eigenvalue weighted by Gasteiger charge is 2.05. The molecule has 6 nitrogen and oxygen atoms in total. The smallest absolute Gasteiger partial charge is 0.327 e. The predicted molar refractivity (Wildman–Crippen MR) is 59.5 cm³/mol. The predicted octanol–water partition coefficient (Wildman–Crippen LogP) is 0.984. The van der Waals surface area contributed by atoms with Crippen LogP contribution in [0.3, 0.4) is 0 Å². The van der Waals surface area contributed by atoms with Crippen molar-refractivity contribution in [1.82, 2.24) is 14.8 Å². The van der Waals surface area contributed by atoms with E-state index in [1.165, 1.54) is 23.9 Å². The summed E-state index contributed by atoms with van der Waals surface area (Å²) in [7, 11) is 0. The number of esters is 1. The average molecular weight is 226 g/mol. The third-order valence-corrected chi connectivity index (χ3v) is 2.11. The monoisotopic (exact) mass is 226 g/mol. The minimum absolute atomic E-state index is 0.0674. The second-order valence-electron chi connectivity index (χ2n) is 3.58. The van der Waals surface area contributed by atoms with Gasteiger partial charge in [0.25, 0.3) is 0 Å². The Morgan fingerprint density at radius 2 is 2.31 bits per heavy atom. The van der Waals surface area contributed by atoms with E-state index in [9.17, 15) is 4.79 Å². The van der Waals surface area contributed by atoms with Gasteiger partial charge in [-0.05, 0) is 6.42 Å². The van der Waals surface area contributed by atoms with Crippen molar-refractivity contribution < 1.29 is 9.53 Å². The van der Waals surface area contributed by atoms with Crippen LogP contribution in [0.15, 0.2) is 6.33 Å². The molecule has 0 aliphatic rings. The lowest BCUT2D eigenvalue weighted by Gasteiger charge is -2.03. The van der Waals surface area contributed by atoms with Crippen LogP contribution in [0.5, 0.6) is 0 Å². The van der Waals surface area contributed by atoms with Crippen molar-refractivity contribution in [3.05, 3.63) is 6.33 Å². The molecule has 1 heterocycles. The van der Waals surface area contributed by atoms with E-state index in [4.69, 9.17) is 10.5 Å². The SMILES string of the molecule is CCCCCCOC(=O)Cn1cnc(N)n1. The molecular formula is C10H18N4O2. The Bertz CT molecular complexity index is 324. The number of aromatic nitrogens is 3. The third-order valence-electron chi connectivity index (χ3n) is 2.11. The van der Waals surface area contributed by atoms with Gasteiger partial charge >= 0.3 is 5.97 Å². The van der Waals surface area contributed by atoms with Crippen LogP contribution < -0.4 is 5.73 Å². The Morgan fingerprint density at radius 1 is 1.50 bits per heavy atom. The fourth-order valence-electron chi connectivity index (χ4n) is 1.28. The van der Waals surface area contributed by atoms with Crippen LogP contribution >= 0.6 is 0 Å². The molecule has 2 N–H and O–H groups in total. The van der Waals surface area contributed by atoms with Crippen LogP contribution in [-0.2, 0) is 16.1 Å². The number of nitrogens with two attached hydrogens (primary N) is 1. The topological polar surface area (TPSA) is 83.0 Å². The van der Waals surface area contributed by atoms with E-state index in [1.807, 2.05) is 0 Å². The Morgan fingerprint density at radius 3 is 2.94 bits per heavy atom. The first-order valence-corrected chi connectivity index (χ1v) is 5.53. The zero-order valence-corrected chi connectivity index (χ0v) is 9.56. The van der Waals surface area contributed by atoms with Gasteiger partial charge < -0.3 is 10.5 Å². The second-order valence-corrected chi connectivity index (χ2v) is 3.58. The molecule has 0 spiro atoms. The first-order chi connectivity index (χ1) is 7.72. The molecule has 1 rings (SSSR count). The van der Waals surface area contributed by atoms with E-state index in [0.717, 1.165) is 12.8 Å². The zero-order valence-electron chi connectivity index (χ0n) is 9.56. The van der Waals surface area contributed by atoms with Crippen LogP contribution in [0.4, 0.5) is 5.95 Å². The van der Waals surface area contributed by atoms with Gasteiger partial charge in [-0.15, -0.1) is 5.10 Å². The lowest BCUT2D eigenvalue weighted by Crippen LogP contribution is -2.14. The van der Waals surface area contributed by atoms with Gasteiger partial charge in [0, 0.05) is 0 Å². The van der Waals surface area contributed by atoms with E-state index in [0.29, 0.717) is 6.61 Å². The molecule has 0 aliphatic heterocycles. The van der Waals surface area contributed by atoms with Crippen LogP contribution in [0.25, 0.3) is 0 Å². The molecule has 90 valence electrons. The lowest BCUT2D eigenvalue weighted by atomic mass is 10.2. The summed E-state index contributed by atoms with van der Waals surface area (Å²) in [6.07, 6.45) is 5.77. The highest BCUT2D eigenvalue weighted by molar-refractivity contribution is 5.68. The summed E-state index contributed by atoms with van der Waals surface area (Å²) >= 11 is 0. The van der Waals surface area contributed by atoms with Crippen LogP contribution in [0.1, 0.15) is 32.6 Å². The van der Waals surface area contributed by atoms with E-state index in [2.05, 4.69) is 17.0 Å². The van der Waals surface area contributed by atoms with Crippen molar-refractivity contribution in [1.29, 1.82) is 0 Å². The van der Waals surface area contributed by atoms with Gasteiger partial charge in [-0.2, -0.15) is 0 Å². The molecule has 0 amide bonds. The summed E-state index contributed by atoms with van der Waals surface area (Å²) in [4.78, 5) is 15.0. The maximum atomic E-state index is 11.3. The minimum Gasteiger partial charge on any atom is -0.464 e. The molecule has 0 bridgehead atoms. The van der Waals surface area contributed by atoms with Gasteiger partial charge in [0.2, 0.25) is 5.95 Å². The molecular weight excluding hydrogens is 208 g/mol. The van der Waals surface area contributed by atoms with Crippen LogP contribution in [0, 0.1) is 0 Å². The Kier molecular flexibility index (Phi) is 5.31. The van der Waals surface area contributed by atoms with Crippen molar-refractivity contribution in [3.8, 4) is 0 Å². The summed E-state index contributed by atoms with van der Waals surface area (Å²) in [5.41, 5.74) is 5.31. The van der Waals surface area contributed by atoms with Gasteiger partial charge in [-0.1, -0.05) is 26.2 Å². The largest absolute Gasteiger partial charge is 0.464 e. The van der Waals surface area contributed by atoms with Gasteiger partial charge in [-0.3, -0.25) is 4.79 Å². The molecule has 0 atom stereocenters. The number of carbonyl (C=O) groups is 1.